The van der Waals surface area contributed by atoms with Crippen molar-refractivity contribution in [2.75, 3.05) is 44.9 Å². The number of methoxy groups -OCH3 is 1. The van der Waals surface area contributed by atoms with Crippen LogP contribution in [0.3, 0.4) is 0 Å². The largest absolute Gasteiger partial charge is 0.497 e. The smallest absolute Gasteiger partial charge is 0.321 e. The number of benzene rings is 1. The molecule has 4 amide bonds. The maximum atomic E-state index is 12.5. The highest BCUT2D eigenvalue weighted by molar-refractivity contribution is 5.89. The summed E-state index contributed by atoms with van der Waals surface area (Å²) in [5, 5.41) is 5.63. The third-order valence-electron chi connectivity index (χ3n) is 4.75. The van der Waals surface area contributed by atoms with Gasteiger partial charge in [-0.3, -0.25) is 0 Å². The molecule has 3 rings (SSSR count). The van der Waals surface area contributed by atoms with E-state index in [1.807, 2.05) is 12.1 Å². The summed E-state index contributed by atoms with van der Waals surface area (Å²) in [7, 11) is 4.94. The van der Waals surface area contributed by atoms with Crippen molar-refractivity contribution in [3.63, 3.8) is 0 Å². The van der Waals surface area contributed by atoms with Gasteiger partial charge in [0.25, 0.3) is 0 Å². The maximum absolute atomic E-state index is 12.5. The number of pyridine rings is 1. The fourth-order valence-electron chi connectivity index (χ4n) is 2.98. The molecule has 1 aromatic carbocycles. The number of carbonyl (C=O) groups is 2. The summed E-state index contributed by atoms with van der Waals surface area (Å²) < 4.78 is 11.0. The third-order valence-corrected chi connectivity index (χ3v) is 4.75. The van der Waals surface area contributed by atoms with Gasteiger partial charge in [-0.25, -0.2) is 14.6 Å². The standard InChI is InChI=1S/C21H27N5O4/c1-25(2)20(27)24-16-6-9-19(22-14-16)30-18-10-12-26(13-11-18)21(28)23-15-4-7-17(29-3)8-5-15/h4-9,14,18H,10-13H2,1-3H3,(H,23,28)(H,24,27). The first kappa shape index (κ1) is 21.2. The van der Waals surface area contributed by atoms with Crippen LogP contribution >= 0.6 is 0 Å². The molecule has 0 aliphatic carbocycles. The number of carbonyl (C=O) groups excluding carboxylic acids is 2. The zero-order valence-corrected chi connectivity index (χ0v) is 17.4. The minimum Gasteiger partial charge on any atom is -0.497 e. The van der Waals surface area contributed by atoms with E-state index in [-0.39, 0.29) is 18.2 Å². The molecule has 9 heteroatoms. The van der Waals surface area contributed by atoms with Gasteiger partial charge in [0, 0.05) is 51.8 Å². The van der Waals surface area contributed by atoms with Crippen LogP contribution in [0.15, 0.2) is 42.6 Å². The van der Waals surface area contributed by atoms with Gasteiger partial charge in [-0.05, 0) is 30.3 Å². The lowest BCUT2D eigenvalue weighted by Gasteiger charge is -2.32. The van der Waals surface area contributed by atoms with Crippen molar-refractivity contribution < 1.29 is 19.1 Å². The molecule has 2 aromatic rings. The summed E-state index contributed by atoms with van der Waals surface area (Å²) in [4.78, 5) is 31.6. The molecular formula is C21H27N5O4. The average Bonchev–Trinajstić information content (AvgIpc) is 2.76. The fraction of sp³-hybridized carbons (Fsp3) is 0.381. The Kier molecular flexibility index (Phi) is 6.95. The molecule has 1 aliphatic rings. The Labute approximate surface area is 176 Å². The molecule has 1 saturated heterocycles. The second-order valence-electron chi connectivity index (χ2n) is 7.17. The summed E-state index contributed by atoms with van der Waals surface area (Å²) in [6.07, 6.45) is 2.99. The van der Waals surface area contributed by atoms with Crippen molar-refractivity contribution >= 4 is 23.4 Å². The van der Waals surface area contributed by atoms with Crippen LogP contribution in [-0.2, 0) is 0 Å². The van der Waals surface area contributed by atoms with Crippen LogP contribution in [0.1, 0.15) is 12.8 Å². The highest BCUT2D eigenvalue weighted by Crippen LogP contribution is 2.20. The zero-order chi connectivity index (χ0) is 21.5. The number of anilines is 2. The topological polar surface area (TPSA) is 96.0 Å². The summed E-state index contributed by atoms with van der Waals surface area (Å²) in [6, 6.07) is 10.4. The predicted molar refractivity (Wildman–Crippen MR) is 114 cm³/mol. The lowest BCUT2D eigenvalue weighted by Crippen LogP contribution is -2.43. The fourth-order valence-corrected chi connectivity index (χ4v) is 2.98. The van der Waals surface area contributed by atoms with Gasteiger partial charge in [0.1, 0.15) is 11.9 Å². The van der Waals surface area contributed by atoms with Gasteiger partial charge in [-0.15, -0.1) is 0 Å². The zero-order valence-electron chi connectivity index (χ0n) is 17.4. The SMILES string of the molecule is COc1ccc(NC(=O)N2CCC(Oc3ccc(NC(=O)N(C)C)cn3)CC2)cc1. The molecule has 2 N–H and O–H groups in total. The second-order valence-corrected chi connectivity index (χ2v) is 7.17. The Morgan fingerprint density at radius 3 is 2.27 bits per heavy atom. The van der Waals surface area contributed by atoms with Gasteiger partial charge in [0.05, 0.1) is 19.0 Å². The Morgan fingerprint density at radius 1 is 1.03 bits per heavy atom. The minimum atomic E-state index is -0.217. The highest BCUT2D eigenvalue weighted by Gasteiger charge is 2.24. The number of hydrogen-bond acceptors (Lipinski definition) is 5. The number of piperidine rings is 1. The average molecular weight is 413 g/mol. The Morgan fingerprint density at radius 2 is 1.70 bits per heavy atom. The molecule has 0 saturated carbocycles. The highest BCUT2D eigenvalue weighted by atomic mass is 16.5. The number of nitrogens with zero attached hydrogens (tertiary/aromatic N) is 3. The van der Waals surface area contributed by atoms with E-state index in [1.54, 1.807) is 56.6 Å². The molecule has 1 fully saturated rings. The predicted octanol–water partition coefficient (Wildman–Crippen LogP) is 3.26. The molecule has 160 valence electrons. The van der Waals surface area contributed by atoms with Crippen molar-refractivity contribution in [1.82, 2.24) is 14.8 Å². The number of likely N-dealkylation sites (tertiary alicyclic amines) is 1. The lowest BCUT2D eigenvalue weighted by atomic mass is 10.1. The van der Waals surface area contributed by atoms with Crippen LogP contribution in [0.2, 0.25) is 0 Å². The van der Waals surface area contributed by atoms with E-state index in [0.717, 1.165) is 24.3 Å². The van der Waals surface area contributed by atoms with Gasteiger partial charge in [-0.1, -0.05) is 0 Å². The molecule has 2 heterocycles. The molecule has 1 aliphatic heterocycles. The Hall–Kier alpha value is -3.49. The molecule has 30 heavy (non-hydrogen) atoms. The van der Waals surface area contributed by atoms with E-state index in [2.05, 4.69) is 15.6 Å². The van der Waals surface area contributed by atoms with Gasteiger partial charge in [-0.2, -0.15) is 0 Å². The molecule has 0 unspecified atom stereocenters. The van der Waals surface area contributed by atoms with E-state index in [4.69, 9.17) is 9.47 Å². The molecule has 9 nitrogen and oxygen atoms in total. The van der Waals surface area contributed by atoms with Crippen LogP contribution in [0, 0.1) is 0 Å². The second kappa shape index (κ2) is 9.82. The van der Waals surface area contributed by atoms with Crippen LogP contribution in [-0.4, -0.2) is 67.2 Å². The lowest BCUT2D eigenvalue weighted by molar-refractivity contribution is 0.111. The van der Waals surface area contributed by atoms with Crippen LogP contribution in [0.4, 0.5) is 21.0 Å². The monoisotopic (exact) mass is 413 g/mol. The molecular weight excluding hydrogens is 386 g/mol. The van der Waals surface area contributed by atoms with Crippen LogP contribution in [0.5, 0.6) is 11.6 Å². The van der Waals surface area contributed by atoms with Gasteiger partial charge in [0.15, 0.2) is 0 Å². The Balaban J connectivity index is 1.44. The van der Waals surface area contributed by atoms with Crippen molar-refractivity contribution in [3.05, 3.63) is 42.6 Å². The van der Waals surface area contributed by atoms with Gasteiger partial charge < -0.3 is 29.9 Å². The number of urea groups is 2. The summed E-state index contributed by atoms with van der Waals surface area (Å²) >= 11 is 0. The molecule has 0 bridgehead atoms. The summed E-state index contributed by atoms with van der Waals surface area (Å²) in [5.41, 5.74) is 1.33. The van der Waals surface area contributed by atoms with E-state index in [0.29, 0.717) is 24.7 Å². The first-order valence-corrected chi connectivity index (χ1v) is 9.75. The summed E-state index contributed by atoms with van der Waals surface area (Å²) in [5.74, 6) is 1.24. The van der Waals surface area contributed by atoms with Crippen LogP contribution in [0.25, 0.3) is 0 Å². The number of nitrogens with one attached hydrogen (secondary N) is 2. The first-order chi connectivity index (χ1) is 14.4. The van der Waals surface area contributed by atoms with Gasteiger partial charge >= 0.3 is 12.1 Å². The van der Waals surface area contributed by atoms with Gasteiger partial charge in [0.2, 0.25) is 5.88 Å². The molecule has 0 radical (unpaired) electrons. The molecule has 0 spiro atoms. The van der Waals surface area contributed by atoms with Crippen molar-refractivity contribution in [3.8, 4) is 11.6 Å². The van der Waals surface area contributed by atoms with E-state index >= 15 is 0 Å². The van der Waals surface area contributed by atoms with E-state index in [9.17, 15) is 9.59 Å². The van der Waals surface area contributed by atoms with Crippen molar-refractivity contribution in [2.45, 2.75) is 18.9 Å². The number of amides is 4. The quantitative estimate of drug-likeness (QED) is 0.784. The number of rotatable bonds is 5. The van der Waals surface area contributed by atoms with Crippen molar-refractivity contribution in [2.24, 2.45) is 0 Å². The van der Waals surface area contributed by atoms with E-state index < -0.39 is 0 Å². The minimum absolute atomic E-state index is 0.00949. The number of aromatic nitrogens is 1. The molecule has 0 atom stereocenters. The normalized spacial score (nSPS) is 14.0. The van der Waals surface area contributed by atoms with Crippen molar-refractivity contribution in [1.29, 1.82) is 0 Å². The summed E-state index contributed by atoms with van der Waals surface area (Å²) in [6.45, 7) is 1.20. The molecule has 1 aromatic heterocycles. The first-order valence-electron chi connectivity index (χ1n) is 9.75. The Bertz CT molecular complexity index is 847. The number of ether oxygens (including phenoxy) is 2. The number of hydrogen-bond donors (Lipinski definition) is 2. The van der Waals surface area contributed by atoms with E-state index in [1.165, 1.54) is 4.90 Å². The van der Waals surface area contributed by atoms with Crippen LogP contribution < -0.4 is 20.1 Å². The third kappa shape index (κ3) is 5.76. The maximum Gasteiger partial charge on any atom is 0.321 e.